The lowest BCUT2D eigenvalue weighted by Gasteiger charge is -2.19. The van der Waals surface area contributed by atoms with Crippen molar-refractivity contribution in [3.05, 3.63) is 53.7 Å². The van der Waals surface area contributed by atoms with Crippen molar-refractivity contribution in [1.29, 1.82) is 0 Å². The van der Waals surface area contributed by atoms with Gasteiger partial charge in [0.1, 0.15) is 24.6 Å². The molecule has 1 aromatic heterocycles. The summed E-state index contributed by atoms with van der Waals surface area (Å²) in [5.74, 6) is 1.42. The number of benzene rings is 2. The highest BCUT2D eigenvalue weighted by atomic mass is 16.6. The van der Waals surface area contributed by atoms with Crippen molar-refractivity contribution in [3.63, 3.8) is 0 Å². The summed E-state index contributed by atoms with van der Waals surface area (Å²) >= 11 is 0. The molecule has 1 aliphatic rings. The van der Waals surface area contributed by atoms with E-state index in [9.17, 15) is 5.11 Å². The van der Waals surface area contributed by atoms with Gasteiger partial charge in [0.25, 0.3) is 0 Å². The predicted molar refractivity (Wildman–Crippen MR) is 88.4 cm³/mol. The molecule has 0 aliphatic carbocycles. The van der Waals surface area contributed by atoms with Gasteiger partial charge < -0.3 is 14.6 Å². The fourth-order valence-electron chi connectivity index (χ4n) is 2.85. The molecule has 2 heterocycles. The standard InChI is InChI=1S/C18H17N3O3/c1-12-3-2-4-13(9-12)18-15(11-22)19-20-21(18)14-5-6-16-17(10-14)24-8-7-23-16/h2-6,9-10,22H,7-8,11H2,1H3. The van der Waals surface area contributed by atoms with E-state index in [0.717, 1.165) is 28.3 Å². The zero-order chi connectivity index (χ0) is 16.5. The van der Waals surface area contributed by atoms with Crippen LogP contribution in [0.15, 0.2) is 42.5 Å². The summed E-state index contributed by atoms with van der Waals surface area (Å²) in [6.07, 6.45) is 0. The Labute approximate surface area is 139 Å². The molecule has 3 aromatic rings. The van der Waals surface area contributed by atoms with Crippen LogP contribution in [-0.2, 0) is 6.61 Å². The molecule has 0 radical (unpaired) electrons. The van der Waals surface area contributed by atoms with E-state index in [4.69, 9.17) is 9.47 Å². The number of aromatic nitrogens is 3. The van der Waals surface area contributed by atoms with Gasteiger partial charge in [0.05, 0.1) is 12.3 Å². The summed E-state index contributed by atoms with van der Waals surface area (Å²) in [4.78, 5) is 0. The number of hydrogen-bond acceptors (Lipinski definition) is 5. The normalized spacial score (nSPS) is 13.1. The minimum absolute atomic E-state index is 0.173. The zero-order valence-corrected chi connectivity index (χ0v) is 13.3. The van der Waals surface area contributed by atoms with Crippen LogP contribution in [0.25, 0.3) is 16.9 Å². The fraction of sp³-hybridized carbons (Fsp3) is 0.222. The summed E-state index contributed by atoms with van der Waals surface area (Å²) in [6.45, 7) is 2.94. The van der Waals surface area contributed by atoms with Gasteiger partial charge in [-0.3, -0.25) is 0 Å². The van der Waals surface area contributed by atoms with Gasteiger partial charge in [-0.05, 0) is 25.1 Å². The molecule has 0 spiro atoms. The van der Waals surface area contributed by atoms with Gasteiger partial charge >= 0.3 is 0 Å². The van der Waals surface area contributed by atoms with Crippen LogP contribution >= 0.6 is 0 Å². The highest BCUT2D eigenvalue weighted by Gasteiger charge is 2.18. The molecule has 1 aliphatic heterocycles. The first-order valence-corrected chi connectivity index (χ1v) is 7.79. The molecule has 0 saturated carbocycles. The second-order valence-corrected chi connectivity index (χ2v) is 5.65. The van der Waals surface area contributed by atoms with Gasteiger partial charge in [0.15, 0.2) is 11.5 Å². The third-order valence-corrected chi connectivity index (χ3v) is 3.95. The third kappa shape index (κ3) is 2.51. The fourth-order valence-corrected chi connectivity index (χ4v) is 2.85. The molecule has 1 N–H and O–H groups in total. The van der Waals surface area contributed by atoms with Crippen molar-refractivity contribution in [2.24, 2.45) is 0 Å². The largest absolute Gasteiger partial charge is 0.486 e. The van der Waals surface area contributed by atoms with Gasteiger partial charge in [0.2, 0.25) is 0 Å². The molecule has 6 nitrogen and oxygen atoms in total. The lowest BCUT2D eigenvalue weighted by Crippen LogP contribution is -2.15. The summed E-state index contributed by atoms with van der Waals surface area (Å²) in [6, 6.07) is 13.7. The summed E-state index contributed by atoms with van der Waals surface area (Å²) in [5.41, 5.74) is 4.21. The lowest BCUT2D eigenvalue weighted by molar-refractivity contribution is 0.171. The first-order chi connectivity index (χ1) is 11.8. The van der Waals surface area contributed by atoms with Crippen LogP contribution < -0.4 is 9.47 Å². The van der Waals surface area contributed by atoms with Gasteiger partial charge in [-0.2, -0.15) is 0 Å². The van der Waals surface area contributed by atoms with Gasteiger partial charge in [-0.15, -0.1) is 5.10 Å². The van der Waals surface area contributed by atoms with E-state index in [1.807, 2.05) is 49.4 Å². The quantitative estimate of drug-likeness (QED) is 0.802. The van der Waals surface area contributed by atoms with Crippen molar-refractivity contribution < 1.29 is 14.6 Å². The van der Waals surface area contributed by atoms with Crippen LogP contribution in [0.1, 0.15) is 11.3 Å². The van der Waals surface area contributed by atoms with Crippen molar-refractivity contribution in [2.75, 3.05) is 13.2 Å². The summed E-state index contributed by atoms with van der Waals surface area (Å²) < 4.78 is 12.9. The summed E-state index contributed by atoms with van der Waals surface area (Å²) in [7, 11) is 0. The Morgan fingerprint density at radius 1 is 1.08 bits per heavy atom. The van der Waals surface area contributed by atoms with E-state index in [1.54, 1.807) is 4.68 Å². The van der Waals surface area contributed by atoms with E-state index in [-0.39, 0.29) is 6.61 Å². The molecule has 2 aromatic carbocycles. The van der Waals surface area contributed by atoms with Crippen LogP contribution in [0.3, 0.4) is 0 Å². The Balaban J connectivity index is 1.86. The van der Waals surface area contributed by atoms with Gasteiger partial charge in [-0.1, -0.05) is 29.0 Å². The molecule has 4 rings (SSSR count). The molecular formula is C18H17N3O3. The van der Waals surface area contributed by atoms with E-state index in [0.29, 0.717) is 24.7 Å². The minimum atomic E-state index is -0.173. The predicted octanol–water partition coefficient (Wildman–Crippen LogP) is 2.51. The van der Waals surface area contributed by atoms with E-state index in [1.165, 1.54) is 0 Å². The second kappa shape index (κ2) is 5.98. The molecule has 0 unspecified atom stereocenters. The Morgan fingerprint density at radius 2 is 1.92 bits per heavy atom. The zero-order valence-electron chi connectivity index (χ0n) is 13.3. The monoisotopic (exact) mass is 323 g/mol. The first kappa shape index (κ1) is 14.7. The van der Waals surface area contributed by atoms with E-state index >= 15 is 0 Å². The highest BCUT2D eigenvalue weighted by Crippen LogP contribution is 2.34. The molecule has 0 saturated heterocycles. The van der Waals surface area contributed by atoms with Crippen molar-refractivity contribution in [1.82, 2.24) is 15.0 Å². The van der Waals surface area contributed by atoms with Crippen molar-refractivity contribution in [2.45, 2.75) is 13.5 Å². The summed E-state index contributed by atoms with van der Waals surface area (Å²) in [5, 5.41) is 18.0. The first-order valence-electron chi connectivity index (χ1n) is 7.79. The molecule has 24 heavy (non-hydrogen) atoms. The topological polar surface area (TPSA) is 69.4 Å². The van der Waals surface area contributed by atoms with Gasteiger partial charge in [0, 0.05) is 11.6 Å². The van der Waals surface area contributed by atoms with Crippen LogP contribution in [0.5, 0.6) is 11.5 Å². The van der Waals surface area contributed by atoms with Crippen LogP contribution in [0.2, 0.25) is 0 Å². The lowest BCUT2D eigenvalue weighted by atomic mass is 10.1. The van der Waals surface area contributed by atoms with E-state index in [2.05, 4.69) is 10.3 Å². The maximum absolute atomic E-state index is 9.64. The average molecular weight is 323 g/mol. The maximum Gasteiger partial charge on any atom is 0.163 e. The third-order valence-electron chi connectivity index (χ3n) is 3.95. The minimum Gasteiger partial charge on any atom is -0.486 e. The number of aliphatic hydroxyl groups excluding tert-OH is 1. The van der Waals surface area contributed by atoms with Crippen molar-refractivity contribution in [3.8, 4) is 28.4 Å². The smallest absolute Gasteiger partial charge is 0.163 e. The molecule has 0 bridgehead atoms. The number of hydrogen-bond donors (Lipinski definition) is 1. The van der Waals surface area contributed by atoms with Crippen LogP contribution in [0.4, 0.5) is 0 Å². The van der Waals surface area contributed by atoms with E-state index < -0.39 is 0 Å². The Bertz CT molecular complexity index is 889. The molecule has 0 atom stereocenters. The Kier molecular flexibility index (Phi) is 3.66. The number of ether oxygens (including phenoxy) is 2. The average Bonchev–Trinajstić information content (AvgIpc) is 3.05. The number of rotatable bonds is 3. The van der Waals surface area contributed by atoms with Gasteiger partial charge in [-0.25, -0.2) is 4.68 Å². The maximum atomic E-state index is 9.64. The molecule has 0 amide bonds. The molecule has 122 valence electrons. The number of fused-ring (bicyclic) bond motifs is 1. The van der Waals surface area contributed by atoms with Crippen molar-refractivity contribution >= 4 is 0 Å². The number of nitrogens with zero attached hydrogens (tertiary/aromatic N) is 3. The second-order valence-electron chi connectivity index (χ2n) is 5.65. The SMILES string of the molecule is Cc1cccc(-c2c(CO)nnn2-c2ccc3c(c2)OCCO3)c1. The number of aryl methyl sites for hydroxylation is 1. The van der Waals surface area contributed by atoms with Crippen LogP contribution in [0, 0.1) is 6.92 Å². The van der Waals surface area contributed by atoms with Crippen LogP contribution in [-0.4, -0.2) is 33.3 Å². The Hall–Kier alpha value is -2.86. The number of aliphatic hydroxyl groups is 1. The molecule has 0 fully saturated rings. The Morgan fingerprint density at radius 3 is 2.71 bits per heavy atom. The highest BCUT2D eigenvalue weighted by molar-refractivity contribution is 5.65. The molecule has 6 heteroatoms. The molecular weight excluding hydrogens is 306 g/mol.